The number of aryl methyl sites for hydroxylation is 2. The van der Waals surface area contributed by atoms with Gasteiger partial charge in [-0.2, -0.15) is 5.10 Å². The van der Waals surface area contributed by atoms with Crippen LogP contribution in [-0.4, -0.2) is 14.8 Å². The first-order valence-corrected chi connectivity index (χ1v) is 8.32. The summed E-state index contributed by atoms with van der Waals surface area (Å²) in [5.74, 6) is 0. The van der Waals surface area contributed by atoms with E-state index in [0.29, 0.717) is 10.0 Å². The SMILES string of the molecule is Cc1nn(C)c(C)c1C(C)NCc1cc2cc(Cl)c(Cl)cc2[nH]1. The lowest BCUT2D eigenvalue weighted by molar-refractivity contribution is 0.564. The fourth-order valence-corrected chi connectivity index (χ4v) is 3.40. The van der Waals surface area contributed by atoms with Crippen molar-refractivity contribution in [2.24, 2.45) is 7.05 Å². The molecular formula is C17H20Cl2N4. The number of halogens is 2. The molecular weight excluding hydrogens is 331 g/mol. The largest absolute Gasteiger partial charge is 0.357 e. The van der Waals surface area contributed by atoms with Crippen LogP contribution in [0.2, 0.25) is 10.0 Å². The summed E-state index contributed by atoms with van der Waals surface area (Å²) in [6.45, 7) is 7.04. The second-order valence-corrected chi connectivity index (χ2v) is 6.77. The van der Waals surface area contributed by atoms with Crippen LogP contribution in [0.4, 0.5) is 0 Å². The van der Waals surface area contributed by atoms with E-state index in [0.717, 1.165) is 28.8 Å². The van der Waals surface area contributed by atoms with Crippen molar-refractivity contribution < 1.29 is 0 Å². The molecule has 122 valence electrons. The molecule has 2 heterocycles. The summed E-state index contributed by atoms with van der Waals surface area (Å²) in [4.78, 5) is 3.38. The van der Waals surface area contributed by atoms with Gasteiger partial charge in [-0.25, -0.2) is 0 Å². The quantitative estimate of drug-likeness (QED) is 0.717. The Morgan fingerprint density at radius 2 is 1.91 bits per heavy atom. The molecule has 0 saturated heterocycles. The third kappa shape index (κ3) is 3.11. The van der Waals surface area contributed by atoms with Crippen molar-refractivity contribution in [3.8, 4) is 0 Å². The lowest BCUT2D eigenvalue weighted by Crippen LogP contribution is -2.19. The number of H-pyrrole nitrogens is 1. The van der Waals surface area contributed by atoms with Crippen LogP contribution in [0.25, 0.3) is 10.9 Å². The van der Waals surface area contributed by atoms with E-state index in [-0.39, 0.29) is 6.04 Å². The molecule has 2 aromatic heterocycles. The van der Waals surface area contributed by atoms with E-state index in [4.69, 9.17) is 23.2 Å². The summed E-state index contributed by atoms with van der Waals surface area (Å²) in [5.41, 5.74) is 5.62. The second kappa shape index (κ2) is 6.19. The van der Waals surface area contributed by atoms with Gasteiger partial charge < -0.3 is 10.3 Å². The van der Waals surface area contributed by atoms with Gasteiger partial charge in [-0.15, -0.1) is 0 Å². The zero-order valence-corrected chi connectivity index (χ0v) is 15.2. The van der Waals surface area contributed by atoms with Crippen molar-refractivity contribution in [1.82, 2.24) is 20.1 Å². The number of aromatic nitrogens is 3. The molecule has 1 atom stereocenters. The Morgan fingerprint density at radius 3 is 2.57 bits per heavy atom. The summed E-state index contributed by atoms with van der Waals surface area (Å²) in [6.07, 6.45) is 0. The molecule has 6 heteroatoms. The highest BCUT2D eigenvalue weighted by Crippen LogP contribution is 2.28. The molecule has 0 saturated carbocycles. The molecule has 3 rings (SSSR count). The van der Waals surface area contributed by atoms with Crippen LogP contribution >= 0.6 is 23.2 Å². The molecule has 0 amide bonds. The summed E-state index contributed by atoms with van der Waals surface area (Å²) in [7, 11) is 1.98. The minimum atomic E-state index is 0.224. The molecule has 3 aromatic rings. The Balaban J connectivity index is 1.77. The third-order valence-corrected chi connectivity index (χ3v) is 5.04. The molecule has 0 spiro atoms. The zero-order chi connectivity index (χ0) is 16.7. The van der Waals surface area contributed by atoms with Gasteiger partial charge in [0.2, 0.25) is 0 Å². The molecule has 23 heavy (non-hydrogen) atoms. The maximum absolute atomic E-state index is 6.07. The number of nitrogens with zero attached hydrogens (tertiary/aromatic N) is 2. The predicted octanol–water partition coefficient (Wildman–Crippen LogP) is 4.68. The van der Waals surface area contributed by atoms with Crippen LogP contribution in [0.5, 0.6) is 0 Å². The first-order valence-electron chi connectivity index (χ1n) is 7.57. The van der Waals surface area contributed by atoms with Gasteiger partial charge >= 0.3 is 0 Å². The molecule has 4 nitrogen and oxygen atoms in total. The van der Waals surface area contributed by atoms with Crippen molar-refractivity contribution in [2.45, 2.75) is 33.4 Å². The number of fused-ring (bicyclic) bond motifs is 1. The van der Waals surface area contributed by atoms with Crippen LogP contribution in [0.3, 0.4) is 0 Å². The van der Waals surface area contributed by atoms with Crippen LogP contribution in [0, 0.1) is 13.8 Å². The van der Waals surface area contributed by atoms with Gasteiger partial charge in [0.1, 0.15) is 0 Å². The monoisotopic (exact) mass is 350 g/mol. The average Bonchev–Trinajstić information content (AvgIpc) is 2.98. The summed E-state index contributed by atoms with van der Waals surface area (Å²) in [5, 5.41) is 10.2. The molecule has 1 unspecified atom stereocenters. The normalized spacial score (nSPS) is 13.0. The molecule has 0 radical (unpaired) electrons. The van der Waals surface area contributed by atoms with E-state index < -0.39 is 0 Å². The highest BCUT2D eigenvalue weighted by atomic mass is 35.5. The first kappa shape index (κ1) is 16.4. The van der Waals surface area contributed by atoms with Crippen LogP contribution < -0.4 is 5.32 Å². The Morgan fingerprint density at radius 1 is 1.22 bits per heavy atom. The van der Waals surface area contributed by atoms with Crippen molar-refractivity contribution in [3.63, 3.8) is 0 Å². The zero-order valence-electron chi connectivity index (χ0n) is 13.7. The van der Waals surface area contributed by atoms with E-state index in [1.165, 1.54) is 11.3 Å². The number of hydrogen-bond acceptors (Lipinski definition) is 2. The molecule has 2 N–H and O–H groups in total. The molecule has 0 bridgehead atoms. The lowest BCUT2D eigenvalue weighted by Gasteiger charge is -2.14. The maximum atomic E-state index is 6.07. The second-order valence-electron chi connectivity index (χ2n) is 5.96. The fraction of sp³-hybridized carbons (Fsp3) is 0.353. The molecule has 1 aromatic carbocycles. The number of nitrogens with one attached hydrogen (secondary N) is 2. The Hall–Kier alpha value is -1.49. The maximum Gasteiger partial charge on any atom is 0.0644 e. The van der Waals surface area contributed by atoms with Crippen molar-refractivity contribution in [2.75, 3.05) is 0 Å². The molecule has 0 fully saturated rings. The lowest BCUT2D eigenvalue weighted by atomic mass is 10.1. The van der Waals surface area contributed by atoms with Gasteiger partial charge in [0.05, 0.1) is 15.7 Å². The third-order valence-electron chi connectivity index (χ3n) is 4.31. The minimum Gasteiger partial charge on any atom is -0.357 e. The molecule has 0 aliphatic carbocycles. The van der Waals surface area contributed by atoms with Gasteiger partial charge in [-0.1, -0.05) is 23.2 Å². The molecule has 0 aliphatic rings. The van der Waals surface area contributed by atoms with Crippen LogP contribution in [0.1, 0.15) is 35.6 Å². The number of benzene rings is 1. The number of aromatic amines is 1. The van der Waals surface area contributed by atoms with Gasteiger partial charge in [-0.05, 0) is 39.0 Å². The standard InChI is InChI=1S/C17H20Cl2N4/c1-9(17-10(2)22-23(4)11(17)3)20-8-13-5-12-6-14(18)15(19)7-16(12)21-13/h5-7,9,20-21H,8H2,1-4H3. The van der Waals surface area contributed by atoms with Gasteiger partial charge in [0.15, 0.2) is 0 Å². The first-order chi connectivity index (χ1) is 10.9. The fourth-order valence-electron chi connectivity index (χ4n) is 3.06. The van der Waals surface area contributed by atoms with E-state index in [9.17, 15) is 0 Å². The number of rotatable bonds is 4. The molecule has 0 aliphatic heterocycles. The van der Waals surface area contributed by atoms with E-state index >= 15 is 0 Å². The van der Waals surface area contributed by atoms with E-state index in [1.54, 1.807) is 0 Å². The predicted molar refractivity (Wildman–Crippen MR) is 96.3 cm³/mol. The summed E-state index contributed by atoms with van der Waals surface area (Å²) < 4.78 is 1.93. The van der Waals surface area contributed by atoms with E-state index in [1.807, 2.05) is 30.8 Å². The highest BCUT2D eigenvalue weighted by Gasteiger charge is 2.16. The van der Waals surface area contributed by atoms with Gasteiger partial charge in [0.25, 0.3) is 0 Å². The topological polar surface area (TPSA) is 45.6 Å². The number of hydrogen-bond donors (Lipinski definition) is 2. The van der Waals surface area contributed by atoms with Crippen molar-refractivity contribution in [3.05, 3.63) is 50.9 Å². The highest BCUT2D eigenvalue weighted by molar-refractivity contribution is 6.42. The average molecular weight is 351 g/mol. The Bertz CT molecular complexity index is 824. The van der Waals surface area contributed by atoms with Crippen LogP contribution in [0.15, 0.2) is 18.2 Å². The Kier molecular flexibility index (Phi) is 4.41. The minimum absolute atomic E-state index is 0.224. The van der Waals surface area contributed by atoms with Crippen molar-refractivity contribution >= 4 is 34.1 Å². The van der Waals surface area contributed by atoms with Crippen molar-refractivity contribution in [1.29, 1.82) is 0 Å². The van der Waals surface area contributed by atoms with Gasteiger partial charge in [0, 0.05) is 47.5 Å². The van der Waals surface area contributed by atoms with Gasteiger partial charge in [-0.3, -0.25) is 4.68 Å². The van der Waals surface area contributed by atoms with Crippen LogP contribution in [-0.2, 0) is 13.6 Å². The van der Waals surface area contributed by atoms with E-state index in [2.05, 4.69) is 35.3 Å². The smallest absolute Gasteiger partial charge is 0.0644 e. The summed E-state index contributed by atoms with van der Waals surface area (Å²) in [6, 6.07) is 6.07. The Labute approximate surface area is 145 Å². The summed E-state index contributed by atoms with van der Waals surface area (Å²) >= 11 is 12.1.